The van der Waals surface area contributed by atoms with Crippen LogP contribution in [0, 0.1) is 11.8 Å². The number of hydrogen-bond donors (Lipinski definition) is 0. The van der Waals surface area contributed by atoms with Gasteiger partial charge in [0, 0.05) is 13.7 Å². The van der Waals surface area contributed by atoms with Crippen molar-refractivity contribution in [2.24, 2.45) is 11.8 Å². The lowest BCUT2D eigenvalue weighted by molar-refractivity contribution is 0.149. The van der Waals surface area contributed by atoms with Gasteiger partial charge in [0.1, 0.15) is 0 Å². The number of ether oxygens (including phenoxy) is 1. The molecule has 68 valence electrons. The van der Waals surface area contributed by atoms with Crippen molar-refractivity contribution in [3.63, 3.8) is 0 Å². The highest BCUT2D eigenvalue weighted by molar-refractivity contribution is 7.98. The van der Waals surface area contributed by atoms with Gasteiger partial charge in [0.05, 0.1) is 0 Å². The average molecular weight is 176 g/mol. The predicted octanol–water partition coefficient (Wildman–Crippen LogP) is 2.66. The number of rotatable bonds is 6. The third kappa shape index (κ3) is 6.70. The molecule has 0 aromatic carbocycles. The highest BCUT2D eigenvalue weighted by atomic mass is 32.2. The lowest BCUT2D eigenvalue weighted by Crippen LogP contribution is -2.10. The molecule has 0 rings (SSSR count). The summed E-state index contributed by atoms with van der Waals surface area (Å²) in [6.07, 6.45) is 3.45. The lowest BCUT2D eigenvalue weighted by Gasteiger charge is -2.15. The van der Waals surface area contributed by atoms with E-state index in [4.69, 9.17) is 4.74 Å². The van der Waals surface area contributed by atoms with Crippen LogP contribution in [-0.2, 0) is 4.74 Å². The molecule has 0 aromatic rings. The van der Waals surface area contributed by atoms with Crippen LogP contribution in [0.4, 0.5) is 0 Å². The second-order valence-electron chi connectivity index (χ2n) is 3.36. The molecule has 0 saturated heterocycles. The van der Waals surface area contributed by atoms with E-state index in [1.54, 1.807) is 7.11 Å². The Kier molecular flexibility index (Phi) is 7.18. The van der Waals surface area contributed by atoms with Crippen LogP contribution in [0.1, 0.15) is 20.3 Å². The second kappa shape index (κ2) is 6.99. The first-order valence-corrected chi connectivity index (χ1v) is 5.58. The minimum Gasteiger partial charge on any atom is -0.384 e. The highest BCUT2D eigenvalue weighted by Gasteiger charge is 2.07. The Balaban J connectivity index is 3.32. The van der Waals surface area contributed by atoms with E-state index in [-0.39, 0.29) is 0 Å². The van der Waals surface area contributed by atoms with Crippen molar-refractivity contribution >= 4 is 11.8 Å². The van der Waals surface area contributed by atoms with Crippen LogP contribution in [0.3, 0.4) is 0 Å². The Bertz CT molecular complexity index is 75.6. The summed E-state index contributed by atoms with van der Waals surface area (Å²) in [5.41, 5.74) is 0. The molecule has 0 fully saturated rings. The summed E-state index contributed by atoms with van der Waals surface area (Å²) in [6.45, 7) is 5.46. The standard InChI is InChI=1S/C9H20OS/c1-8(6-10-3)5-9(2)7-11-4/h8-9H,5-7H2,1-4H3. The third-order valence-corrected chi connectivity index (χ3v) is 2.61. The monoisotopic (exact) mass is 176 g/mol. The molecule has 2 heteroatoms. The normalized spacial score (nSPS) is 16.4. The van der Waals surface area contributed by atoms with Gasteiger partial charge in [-0.15, -0.1) is 0 Å². The fraction of sp³-hybridized carbons (Fsp3) is 1.00. The SMILES string of the molecule is COCC(C)CC(C)CSC. The largest absolute Gasteiger partial charge is 0.384 e. The molecule has 2 unspecified atom stereocenters. The molecule has 0 aliphatic heterocycles. The van der Waals surface area contributed by atoms with Crippen LogP contribution in [0.2, 0.25) is 0 Å². The van der Waals surface area contributed by atoms with Crippen LogP contribution in [0.15, 0.2) is 0 Å². The summed E-state index contributed by atoms with van der Waals surface area (Å²) in [5, 5.41) is 0. The zero-order valence-electron chi connectivity index (χ0n) is 8.09. The fourth-order valence-electron chi connectivity index (χ4n) is 1.39. The molecule has 0 N–H and O–H groups in total. The maximum absolute atomic E-state index is 5.08. The molecule has 0 bridgehead atoms. The van der Waals surface area contributed by atoms with Gasteiger partial charge in [0.2, 0.25) is 0 Å². The molecule has 1 nitrogen and oxygen atoms in total. The van der Waals surface area contributed by atoms with Crippen molar-refractivity contribution in [2.75, 3.05) is 25.7 Å². The Morgan fingerprint density at radius 3 is 2.36 bits per heavy atom. The van der Waals surface area contributed by atoms with Crippen molar-refractivity contribution in [2.45, 2.75) is 20.3 Å². The zero-order valence-corrected chi connectivity index (χ0v) is 8.91. The van der Waals surface area contributed by atoms with Crippen molar-refractivity contribution in [3.05, 3.63) is 0 Å². The van der Waals surface area contributed by atoms with Crippen molar-refractivity contribution in [1.82, 2.24) is 0 Å². The summed E-state index contributed by atoms with van der Waals surface area (Å²) in [5.74, 6) is 2.81. The Hall–Kier alpha value is 0.310. The predicted molar refractivity (Wildman–Crippen MR) is 53.2 cm³/mol. The molecule has 0 saturated carbocycles. The first kappa shape index (κ1) is 11.3. The van der Waals surface area contributed by atoms with Gasteiger partial charge in [-0.2, -0.15) is 11.8 Å². The van der Waals surface area contributed by atoms with E-state index < -0.39 is 0 Å². The molecule has 0 heterocycles. The van der Waals surface area contributed by atoms with Crippen molar-refractivity contribution in [3.8, 4) is 0 Å². The van der Waals surface area contributed by atoms with E-state index >= 15 is 0 Å². The third-order valence-electron chi connectivity index (χ3n) is 1.71. The quantitative estimate of drug-likeness (QED) is 0.615. The first-order valence-electron chi connectivity index (χ1n) is 4.18. The Morgan fingerprint density at radius 2 is 1.91 bits per heavy atom. The van der Waals surface area contributed by atoms with E-state index in [1.807, 2.05) is 11.8 Å². The number of methoxy groups -OCH3 is 1. The van der Waals surface area contributed by atoms with E-state index in [2.05, 4.69) is 20.1 Å². The molecular weight excluding hydrogens is 156 g/mol. The van der Waals surface area contributed by atoms with Gasteiger partial charge in [-0.05, 0) is 30.3 Å². The van der Waals surface area contributed by atoms with Gasteiger partial charge in [0.15, 0.2) is 0 Å². The second-order valence-corrected chi connectivity index (χ2v) is 4.27. The minimum atomic E-state index is 0.710. The van der Waals surface area contributed by atoms with Gasteiger partial charge in [0.25, 0.3) is 0 Å². The van der Waals surface area contributed by atoms with Gasteiger partial charge < -0.3 is 4.74 Å². The molecule has 2 atom stereocenters. The fourth-order valence-corrected chi connectivity index (χ4v) is 2.10. The van der Waals surface area contributed by atoms with Gasteiger partial charge in [-0.25, -0.2) is 0 Å². The lowest BCUT2D eigenvalue weighted by atomic mass is 10.00. The maximum atomic E-state index is 5.08. The van der Waals surface area contributed by atoms with Crippen molar-refractivity contribution in [1.29, 1.82) is 0 Å². The van der Waals surface area contributed by atoms with E-state index in [9.17, 15) is 0 Å². The topological polar surface area (TPSA) is 9.23 Å². The summed E-state index contributed by atoms with van der Waals surface area (Å²) >= 11 is 1.93. The van der Waals surface area contributed by atoms with Gasteiger partial charge in [-0.3, -0.25) is 0 Å². The molecule has 0 amide bonds. The van der Waals surface area contributed by atoms with Gasteiger partial charge in [-0.1, -0.05) is 13.8 Å². The average Bonchev–Trinajstić information content (AvgIpc) is 1.87. The minimum absolute atomic E-state index is 0.710. The van der Waals surface area contributed by atoms with Gasteiger partial charge >= 0.3 is 0 Å². The highest BCUT2D eigenvalue weighted by Crippen LogP contribution is 2.15. The van der Waals surface area contributed by atoms with Crippen LogP contribution < -0.4 is 0 Å². The summed E-state index contributed by atoms with van der Waals surface area (Å²) < 4.78 is 5.08. The molecule has 0 aliphatic carbocycles. The summed E-state index contributed by atoms with van der Waals surface area (Å²) in [4.78, 5) is 0. The Morgan fingerprint density at radius 1 is 1.27 bits per heavy atom. The van der Waals surface area contributed by atoms with Crippen LogP contribution in [0.25, 0.3) is 0 Å². The maximum Gasteiger partial charge on any atom is 0.0487 e. The van der Waals surface area contributed by atoms with E-state index in [1.165, 1.54) is 12.2 Å². The molecule has 0 aliphatic rings. The van der Waals surface area contributed by atoms with E-state index in [0.29, 0.717) is 5.92 Å². The number of hydrogen-bond acceptors (Lipinski definition) is 2. The van der Waals surface area contributed by atoms with Crippen LogP contribution in [-0.4, -0.2) is 25.7 Å². The smallest absolute Gasteiger partial charge is 0.0487 e. The van der Waals surface area contributed by atoms with Crippen LogP contribution >= 0.6 is 11.8 Å². The summed E-state index contributed by atoms with van der Waals surface area (Å²) in [6, 6.07) is 0. The number of thioether (sulfide) groups is 1. The first-order chi connectivity index (χ1) is 5.20. The molecular formula is C9H20OS. The Labute approximate surface area is 74.9 Å². The molecule has 0 aromatic heterocycles. The molecule has 0 spiro atoms. The zero-order chi connectivity index (χ0) is 8.69. The molecule has 11 heavy (non-hydrogen) atoms. The molecule has 0 radical (unpaired) electrons. The van der Waals surface area contributed by atoms with E-state index in [0.717, 1.165) is 12.5 Å². The summed E-state index contributed by atoms with van der Waals surface area (Å²) in [7, 11) is 1.77. The van der Waals surface area contributed by atoms with Crippen LogP contribution in [0.5, 0.6) is 0 Å². The van der Waals surface area contributed by atoms with Crippen molar-refractivity contribution < 1.29 is 4.74 Å².